The number of nitrogens with two attached hydrogens (primary N) is 1. The molecule has 10 nitrogen and oxygen atoms in total. The molecule has 1 amide bonds. The molecule has 0 saturated carbocycles. The van der Waals surface area contributed by atoms with Gasteiger partial charge in [-0.2, -0.15) is 0 Å². The fourth-order valence-corrected chi connectivity index (χ4v) is 8.14. The van der Waals surface area contributed by atoms with E-state index in [2.05, 4.69) is 16.5 Å². The maximum absolute atomic E-state index is 16.0. The van der Waals surface area contributed by atoms with Crippen molar-refractivity contribution >= 4 is 38.2 Å². The van der Waals surface area contributed by atoms with Crippen LogP contribution < -0.4 is 16.2 Å². The second-order valence-corrected chi connectivity index (χ2v) is 13.6. The predicted octanol–water partition coefficient (Wildman–Crippen LogP) is 2.79. The molecule has 2 aromatic heterocycles. The second-order valence-electron chi connectivity index (χ2n) is 11.7. The lowest BCUT2D eigenvalue weighted by Crippen LogP contribution is -2.49. The molecule has 2 N–H and O–H groups in total. The summed E-state index contributed by atoms with van der Waals surface area (Å²) in [6, 6.07) is 5.13. The molecule has 1 aromatic carbocycles. The van der Waals surface area contributed by atoms with Crippen molar-refractivity contribution in [3.8, 4) is 11.3 Å². The van der Waals surface area contributed by atoms with Crippen LogP contribution >= 0.6 is 0 Å². The van der Waals surface area contributed by atoms with Gasteiger partial charge < -0.3 is 15.5 Å². The first-order valence-corrected chi connectivity index (χ1v) is 16.3. The molecule has 13 heteroatoms. The van der Waals surface area contributed by atoms with Crippen molar-refractivity contribution in [1.29, 1.82) is 0 Å². The van der Waals surface area contributed by atoms with E-state index in [-0.39, 0.29) is 77.8 Å². The van der Waals surface area contributed by atoms with Crippen molar-refractivity contribution < 1.29 is 22.0 Å². The Balaban J connectivity index is 1.64. The van der Waals surface area contributed by atoms with Gasteiger partial charge in [-0.1, -0.05) is 12.6 Å². The lowest BCUT2D eigenvalue weighted by atomic mass is 9.93. The average molecular weight is 613 g/mol. The van der Waals surface area contributed by atoms with E-state index < -0.39 is 31.9 Å². The number of anilines is 2. The van der Waals surface area contributed by atoms with Crippen LogP contribution in [0.2, 0.25) is 0 Å². The summed E-state index contributed by atoms with van der Waals surface area (Å²) in [6.45, 7) is 6.32. The number of amides is 1. The molecular formula is C30H34F2N6O4S. The van der Waals surface area contributed by atoms with Crippen molar-refractivity contribution in [3.05, 3.63) is 58.9 Å². The zero-order valence-corrected chi connectivity index (χ0v) is 24.8. The van der Waals surface area contributed by atoms with E-state index in [1.54, 1.807) is 9.80 Å². The van der Waals surface area contributed by atoms with E-state index in [1.165, 1.54) is 22.8 Å². The molecule has 0 radical (unpaired) electrons. The number of pyridine rings is 2. The molecular weight excluding hydrogens is 578 g/mol. The Morgan fingerprint density at radius 2 is 1.77 bits per heavy atom. The van der Waals surface area contributed by atoms with E-state index in [0.29, 0.717) is 0 Å². The van der Waals surface area contributed by atoms with Crippen LogP contribution in [-0.4, -0.2) is 84.7 Å². The average Bonchev–Trinajstić information content (AvgIpc) is 3.54. The van der Waals surface area contributed by atoms with Crippen LogP contribution in [0.5, 0.6) is 0 Å². The number of halogens is 2. The van der Waals surface area contributed by atoms with Crippen molar-refractivity contribution in [2.24, 2.45) is 0 Å². The Kier molecular flexibility index (Phi) is 7.28. The monoisotopic (exact) mass is 612 g/mol. The zero-order valence-electron chi connectivity index (χ0n) is 24.0. The summed E-state index contributed by atoms with van der Waals surface area (Å²) in [7, 11) is -4.12. The molecule has 0 spiro atoms. The summed E-state index contributed by atoms with van der Waals surface area (Å²) < 4.78 is 59.1. The number of hydrogen-bond donors (Lipinski definition) is 1. The molecule has 3 aromatic rings. The Labute approximate surface area is 248 Å². The molecule has 3 aliphatic heterocycles. The number of rotatable bonds is 6. The van der Waals surface area contributed by atoms with Gasteiger partial charge in [0, 0.05) is 55.6 Å². The number of nitrogen functional groups attached to an aromatic ring is 1. The van der Waals surface area contributed by atoms with Gasteiger partial charge in [0.05, 0.1) is 11.3 Å². The Morgan fingerprint density at radius 3 is 2.37 bits per heavy atom. The highest BCUT2D eigenvalue weighted by atomic mass is 32.2. The van der Waals surface area contributed by atoms with Gasteiger partial charge in [-0.05, 0) is 63.0 Å². The van der Waals surface area contributed by atoms with Crippen molar-refractivity contribution in [3.63, 3.8) is 0 Å². The molecule has 5 heterocycles. The van der Waals surface area contributed by atoms with Crippen LogP contribution in [0.25, 0.3) is 22.3 Å². The van der Waals surface area contributed by atoms with Crippen LogP contribution in [0.1, 0.15) is 25.7 Å². The van der Waals surface area contributed by atoms with Crippen LogP contribution in [-0.2, 0) is 21.2 Å². The number of fused-ring (bicyclic) bond motifs is 2. The summed E-state index contributed by atoms with van der Waals surface area (Å²) in [5, 5.41) is 0.124. The standard InChI is InChI=1S/C30H34F2N6O4S/c1-3-23(39)35-13-15-36(16-14-35)26-19-17-21(32)25(24-20(31)7-4-8-22(24)33)34-28(19)38(29(40)27(26)43(2,41)42)18-30-9-5-11-37(30)12-6-10-30/h3-4,7-8,17H,1,5-6,9-16,18,33H2,2H3. The smallest absolute Gasteiger partial charge is 0.273 e. The summed E-state index contributed by atoms with van der Waals surface area (Å²) in [6.07, 6.45) is 5.70. The van der Waals surface area contributed by atoms with Crippen molar-refractivity contribution in [2.45, 2.75) is 42.7 Å². The number of aromatic nitrogens is 2. The summed E-state index contributed by atoms with van der Waals surface area (Å²) in [5.41, 5.74) is 4.43. The Hall–Kier alpha value is -3.84. The molecule has 228 valence electrons. The zero-order chi connectivity index (χ0) is 30.7. The van der Waals surface area contributed by atoms with E-state index in [9.17, 15) is 18.0 Å². The van der Waals surface area contributed by atoms with E-state index in [1.807, 2.05) is 0 Å². The lowest BCUT2D eigenvalue weighted by Gasteiger charge is -2.37. The second kappa shape index (κ2) is 10.7. The largest absolute Gasteiger partial charge is 0.398 e. The van der Waals surface area contributed by atoms with Crippen LogP contribution in [0.3, 0.4) is 0 Å². The normalized spacial score (nSPS) is 18.8. The highest BCUT2D eigenvalue weighted by Gasteiger charge is 2.45. The molecule has 0 aliphatic carbocycles. The van der Waals surface area contributed by atoms with Crippen LogP contribution in [0, 0.1) is 11.6 Å². The van der Waals surface area contributed by atoms with Gasteiger partial charge in [-0.15, -0.1) is 0 Å². The van der Waals surface area contributed by atoms with Gasteiger partial charge in [0.1, 0.15) is 17.2 Å². The van der Waals surface area contributed by atoms with E-state index in [0.717, 1.165) is 57.2 Å². The molecule has 0 unspecified atom stereocenters. The third kappa shape index (κ3) is 4.88. The van der Waals surface area contributed by atoms with Crippen LogP contribution in [0.4, 0.5) is 20.2 Å². The molecule has 43 heavy (non-hydrogen) atoms. The third-order valence-electron chi connectivity index (χ3n) is 9.12. The first kappa shape index (κ1) is 29.2. The van der Waals surface area contributed by atoms with Gasteiger partial charge in [0.15, 0.2) is 20.5 Å². The fraction of sp³-hybridized carbons (Fsp3) is 0.433. The molecule has 3 fully saturated rings. The van der Waals surface area contributed by atoms with Crippen molar-refractivity contribution in [1.82, 2.24) is 19.4 Å². The summed E-state index contributed by atoms with van der Waals surface area (Å²) in [5.74, 6) is -1.94. The summed E-state index contributed by atoms with van der Waals surface area (Å²) >= 11 is 0. The third-order valence-corrected chi connectivity index (χ3v) is 10.2. The van der Waals surface area contributed by atoms with Gasteiger partial charge in [0.25, 0.3) is 5.56 Å². The van der Waals surface area contributed by atoms with Crippen LogP contribution in [0.15, 0.2) is 46.6 Å². The van der Waals surface area contributed by atoms with Gasteiger partial charge in [-0.3, -0.25) is 19.1 Å². The highest BCUT2D eigenvalue weighted by Crippen LogP contribution is 2.42. The van der Waals surface area contributed by atoms with Gasteiger partial charge in [0.2, 0.25) is 5.91 Å². The van der Waals surface area contributed by atoms with Gasteiger partial charge >= 0.3 is 0 Å². The fourth-order valence-electron chi connectivity index (χ4n) is 7.12. The number of hydrogen-bond acceptors (Lipinski definition) is 8. The number of sulfone groups is 1. The Morgan fingerprint density at radius 1 is 1.09 bits per heavy atom. The molecule has 6 rings (SSSR count). The predicted molar refractivity (Wildman–Crippen MR) is 161 cm³/mol. The van der Waals surface area contributed by atoms with Gasteiger partial charge in [-0.25, -0.2) is 22.2 Å². The molecule has 3 aliphatic rings. The van der Waals surface area contributed by atoms with E-state index in [4.69, 9.17) is 5.73 Å². The highest BCUT2D eigenvalue weighted by molar-refractivity contribution is 7.90. The first-order chi connectivity index (χ1) is 20.4. The number of nitrogens with zero attached hydrogens (tertiary/aromatic N) is 5. The number of piperazine rings is 1. The van der Waals surface area contributed by atoms with Crippen molar-refractivity contribution in [2.75, 3.05) is 56.2 Å². The quantitative estimate of drug-likeness (QED) is 0.333. The maximum atomic E-state index is 16.0. The molecule has 3 saturated heterocycles. The minimum absolute atomic E-state index is 0.0213. The first-order valence-electron chi connectivity index (χ1n) is 14.4. The lowest BCUT2D eigenvalue weighted by molar-refractivity contribution is -0.126. The Bertz CT molecular complexity index is 1790. The number of benzene rings is 1. The molecule has 0 atom stereocenters. The minimum atomic E-state index is -4.12. The summed E-state index contributed by atoms with van der Waals surface area (Å²) in [4.78, 5) is 36.3. The molecule has 0 bridgehead atoms. The topological polar surface area (TPSA) is 122 Å². The SMILES string of the molecule is C=CC(=O)N1CCN(c2c(S(C)(=O)=O)c(=O)n(CC34CCCN3CCC4)c3nc(-c4c(N)cccc4F)c(F)cc23)CC1. The van der Waals surface area contributed by atoms with E-state index >= 15 is 8.78 Å². The number of carbonyl (C=O) groups is 1. The maximum Gasteiger partial charge on any atom is 0.273 e. The minimum Gasteiger partial charge on any atom is -0.398 e. The number of carbonyl (C=O) groups excluding carboxylic acids is 1.